The number of likely N-dealkylation sites (tertiary alicyclic amines) is 1. The van der Waals surface area contributed by atoms with Gasteiger partial charge < -0.3 is 5.32 Å². The van der Waals surface area contributed by atoms with Crippen LogP contribution >= 0.6 is 0 Å². The fourth-order valence-electron chi connectivity index (χ4n) is 5.71. The number of nitrogens with zero attached hydrogens (tertiary/aromatic N) is 1. The molecule has 1 unspecified atom stereocenters. The molecular formula is C35H36N2O2. The van der Waals surface area contributed by atoms with Crippen molar-refractivity contribution in [2.24, 2.45) is 0 Å². The highest BCUT2D eigenvalue weighted by Gasteiger charge is 2.31. The molecule has 4 aromatic carbocycles. The summed E-state index contributed by atoms with van der Waals surface area (Å²) >= 11 is 0. The number of hydrogen-bond donors (Lipinski definition) is 1. The molecule has 0 aromatic heterocycles. The minimum Gasteiger partial charge on any atom is -0.355 e. The van der Waals surface area contributed by atoms with Crippen LogP contribution in [-0.4, -0.2) is 36.2 Å². The molecule has 1 saturated heterocycles. The van der Waals surface area contributed by atoms with Gasteiger partial charge in [0.05, 0.1) is 0 Å². The molecule has 1 fully saturated rings. The lowest BCUT2D eigenvalue weighted by atomic mass is 9.87. The van der Waals surface area contributed by atoms with Gasteiger partial charge in [0.2, 0.25) is 5.91 Å². The van der Waals surface area contributed by atoms with Crippen LogP contribution in [0.25, 0.3) is 11.1 Å². The minimum absolute atomic E-state index is 0.0741. The Morgan fingerprint density at radius 2 is 1.41 bits per heavy atom. The summed E-state index contributed by atoms with van der Waals surface area (Å²) in [5.41, 5.74) is 6.19. The van der Waals surface area contributed by atoms with Gasteiger partial charge in [0.1, 0.15) is 6.04 Å². The van der Waals surface area contributed by atoms with Crippen LogP contribution in [-0.2, 0) is 11.2 Å². The number of ketones is 1. The molecule has 198 valence electrons. The molecule has 0 aliphatic carbocycles. The van der Waals surface area contributed by atoms with Crippen LogP contribution in [0, 0.1) is 0 Å². The molecule has 1 aliphatic rings. The number of nitrogens with one attached hydrogen (secondary N) is 1. The number of benzene rings is 4. The van der Waals surface area contributed by atoms with E-state index in [1.54, 1.807) is 0 Å². The predicted octanol–water partition coefficient (Wildman–Crippen LogP) is 6.84. The maximum atomic E-state index is 13.3. The van der Waals surface area contributed by atoms with E-state index in [1.807, 2.05) is 91.9 Å². The Bertz CT molecular complexity index is 1380. The molecule has 4 nitrogen and oxygen atoms in total. The van der Waals surface area contributed by atoms with Crippen LogP contribution in [0.15, 0.2) is 109 Å². The topological polar surface area (TPSA) is 49.4 Å². The summed E-state index contributed by atoms with van der Waals surface area (Å²) in [6.07, 6.45) is 2.39. The first kappa shape index (κ1) is 26.6. The summed E-state index contributed by atoms with van der Waals surface area (Å²) in [6, 6.07) is 36.4. The summed E-state index contributed by atoms with van der Waals surface area (Å²) < 4.78 is 0. The van der Waals surface area contributed by atoms with E-state index in [9.17, 15) is 9.59 Å². The molecule has 4 heteroatoms. The van der Waals surface area contributed by atoms with E-state index in [0.717, 1.165) is 53.7 Å². The second-order valence-electron chi connectivity index (χ2n) is 10.3. The van der Waals surface area contributed by atoms with Gasteiger partial charge in [-0.1, -0.05) is 109 Å². The molecule has 0 radical (unpaired) electrons. The van der Waals surface area contributed by atoms with Crippen LogP contribution in [0.2, 0.25) is 0 Å². The van der Waals surface area contributed by atoms with Crippen molar-refractivity contribution in [3.8, 4) is 11.1 Å². The largest absolute Gasteiger partial charge is 0.355 e. The average molecular weight is 517 g/mol. The molecular weight excluding hydrogens is 480 g/mol. The van der Waals surface area contributed by atoms with Gasteiger partial charge in [0.15, 0.2) is 5.78 Å². The summed E-state index contributed by atoms with van der Waals surface area (Å²) in [5, 5.41) is 3.02. The Labute approximate surface area is 231 Å². The van der Waals surface area contributed by atoms with Crippen molar-refractivity contribution in [1.82, 2.24) is 10.2 Å². The van der Waals surface area contributed by atoms with E-state index >= 15 is 0 Å². The van der Waals surface area contributed by atoms with Crippen molar-refractivity contribution in [2.45, 2.75) is 38.1 Å². The van der Waals surface area contributed by atoms with Crippen LogP contribution in [0.3, 0.4) is 0 Å². The number of carbonyl (C=O) groups excluding carboxylic acids is 2. The van der Waals surface area contributed by atoms with E-state index in [-0.39, 0.29) is 17.7 Å². The van der Waals surface area contributed by atoms with Crippen molar-refractivity contribution in [3.05, 3.63) is 131 Å². The average Bonchev–Trinajstić information content (AvgIpc) is 2.99. The van der Waals surface area contributed by atoms with Crippen molar-refractivity contribution in [3.63, 3.8) is 0 Å². The molecule has 1 N–H and O–H groups in total. The number of piperidine rings is 1. The van der Waals surface area contributed by atoms with Gasteiger partial charge in [-0.3, -0.25) is 14.5 Å². The second kappa shape index (κ2) is 12.7. The number of likely N-dealkylation sites (N-methyl/N-ethyl adjacent to an activating group) is 1. The third kappa shape index (κ3) is 6.35. The first-order valence-corrected chi connectivity index (χ1v) is 14.0. The molecule has 1 aliphatic heterocycles. The number of rotatable bonds is 9. The minimum atomic E-state index is -0.251. The lowest BCUT2D eigenvalue weighted by molar-refractivity contribution is -0.127. The third-order valence-electron chi connectivity index (χ3n) is 7.74. The molecule has 1 heterocycles. The third-order valence-corrected chi connectivity index (χ3v) is 7.74. The van der Waals surface area contributed by atoms with Gasteiger partial charge in [-0.15, -0.1) is 0 Å². The number of hydrogen-bond acceptors (Lipinski definition) is 3. The molecule has 0 bridgehead atoms. The van der Waals surface area contributed by atoms with Gasteiger partial charge in [-0.2, -0.15) is 0 Å². The lowest BCUT2D eigenvalue weighted by Gasteiger charge is -2.37. The first-order chi connectivity index (χ1) is 19.1. The summed E-state index contributed by atoms with van der Waals surface area (Å²) in [7, 11) is 0. The highest BCUT2D eigenvalue weighted by molar-refractivity contribution is 6.03. The zero-order chi connectivity index (χ0) is 27.0. The standard InChI is InChI=1S/C35H36N2O2/c1-2-36-35(39)34(30-13-7-4-8-14-30)37-23-21-28(22-24-37)27-19-17-26(18-20-27)25-33(38)32-16-10-9-15-31(32)29-11-5-3-6-12-29/h3-20,28,34H,2,21-25H2,1H3,(H,36,39). The fourth-order valence-corrected chi connectivity index (χ4v) is 5.71. The normalized spacial score (nSPS) is 15.0. The van der Waals surface area contributed by atoms with Gasteiger partial charge in [0, 0.05) is 18.5 Å². The van der Waals surface area contributed by atoms with Crippen LogP contribution in [0.1, 0.15) is 58.8 Å². The van der Waals surface area contributed by atoms with E-state index < -0.39 is 0 Å². The molecule has 1 amide bonds. The predicted molar refractivity (Wildman–Crippen MR) is 158 cm³/mol. The Kier molecular flexibility index (Phi) is 8.65. The van der Waals surface area contributed by atoms with Crippen molar-refractivity contribution < 1.29 is 9.59 Å². The molecule has 5 rings (SSSR count). The van der Waals surface area contributed by atoms with Crippen LogP contribution in [0.5, 0.6) is 0 Å². The van der Waals surface area contributed by atoms with Crippen LogP contribution in [0.4, 0.5) is 0 Å². The Morgan fingerprint density at radius 3 is 2.08 bits per heavy atom. The molecule has 0 spiro atoms. The summed E-state index contributed by atoms with van der Waals surface area (Å²) in [6.45, 7) is 4.34. The van der Waals surface area contributed by atoms with E-state index in [1.165, 1.54) is 5.56 Å². The highest BCUT2D eigenvalue weighted by Crippen LogP contribution is 2.33. The zero-order valence-corrected chi connectivity index (χ0v) is 22.6. The SMILES string of the molecule is CCNC(=O)C(c1ccccc1)N1CCC(c2ccc(CC(=O)c3ccccc3-c3ccccc3)cc2)CC1. The summed E-state index contributed by atoms with van der Waals surface area (Å²) in [5.74, 6) is 0.660. The van der Waals surface area contributed by atoms with Gasteiger partial charge in [-0.25, -0.2) is 0 Å². The zero-order valence-electron chi connectivity index (χ0n) is 22.6. The smallest absolute Gasteiger partial charge is 0.241 e. The second-order valence-corrected chi connectivity index (χ2v) is 10.3. The maximum absolute atomic E-state index is 13.3. The first-order valence-electron chi connectivity index (χ1n) is 14.0. The molecule has 0 saturated carbocycles. The fraction of sp³-hybridized carbons (Fsp3) is 0.257. The van der Waals surface area contributed by atoms with Crippen LogP contribution < -0.4 is 5.32 Å². The number of Topliss-reactive ketones (excluding diaryl/α,β-unsaturated/α-hetero) is 1. The Hall–Kier alpha value is -4.02. The molecule has 39 heavy (non-hydrogen) atoms. The monoisotopic (exact) mass is 516 g/mol. The number of amides is 1. The van der Waals surface area contributed by atoms with Crippen molar-refractivity contribution in [2.75, 3.05) is 19.6 Å². The highest BCUT2D eigenvalue weighted by atomic mass is 16.2. The lowest BCUT2D eigenvalue weighted by Crippen LogP contribution is -2.44. The van der Waals surface area contributed by atoms with Crippen molar-refractivity contribution in [1.29, 1.82) is 0 Å². The maximum Gasteiger partial charge on any atom is 0.241 e. The molecule has 4 aromatic rings. The quantitative estimate of drug-likeness (QED) is 0.248. The van der Waals surface area contributed by atoms with E-state index in [4.69, 9.17) is 0 Å². The van der Waals surface area contributed by atoms with Gasteiger partial charge in [-0.05, 0) is 66.6 Å². The molecule has 1 atom stereocenters. The van der Waals surface area contributed by atoms with Gasteiger partial charge in [0.25, 0.3) is 0 Å². The van der Waals surface area contributed by atoms with Gasteiger partial charge >= 0.3 is 0 Å². The summed E-state index contributed by atoms with van der Waals surface area (Å²) in [4.78, 5) is 28.5. The van der Waals surface area contributed by atoms with Crippen molar-refractivity contribution >= 4 is 11.7 Å². The Balaban J connectivity index is 1.23. The van der Waals surface area contributed by atoms with E-state index in [2.05, 4.69) is 34.5 Å². The van der Waals surface area contributed by atoms with E-state index in [0.29, 0.717) is 18.9 Å². The Morgan fingerprint density at radius 1 is 0.795 bits per heavy atom. The number of carbonyl (C=O) groups is 2.